The molecular formula is C10H13ClN2S. The molecule has 2 nitrogen and oxygen atoms in total. The minimum Gasteiger partial charge on any atom is -0.370 e. The van der Waals surface area contributed by atoms with Crippen molar-refractivity contribution in [2.45, 2.75) is 5.88 Å². The van der Waals surface area contributed by atoms with Gasteiger partial charge in [-0.25, -0.2) is 0 Å². The monoisotopic (exact) mass is 228 g/mol. The highest BCUT2D eigenvalue weighted by atomic mass is 35.5. The minimum absolute atomic E-state index is 0.496. The van der Waals surface area contributed by atoms with Crippen molar-refractivity contribution in [2.75, 3.05) is 29.5 Å². The van der Waals surface area contributed by atoms with Crippen molar-refractivity contribution in [3.8, 4) is 0 Å². The Balaban J connectivity index is 2.13. The summed E-state index contributed by atoms with van der Waals surface area (Å²) < 4.78 is 0. The summed E-state index contributed by atoms with van der Waals surface area (Å²) in [6.45, 7) is 2.27. The van der Waals surface area contributed by atoms with Gasteiger partial charge in [0.1, 0.15) is 0 Å². The molecule has 1 saturated heterocycles. The molecule has 0 unspecified atom stereocenters. The molecule has 1 fully saturated rings. The highest BCUT2D eigenvalue weighted by Gasteiger charge is 2.11. The van der Waals surface area contributed by atoms with Gasteiger partial charge in [0.15, 0.2) is 0 Å². The average molecular weight is 229 g/mol. The molecule has 0 aromatic carbocycles. The Labute approximate surface area is 93.7 Å². The molecule has 4 heteroatoms. The third kappa shape index (κ3) is 2.34. The first-order chi connectivity index (χ1) is 6.90. The number of thioether (sulfide) groups is 1. The molecule has 1 aromatic rings. The van der Waals surface area contributed by atoms with E-state index >= 15 is 0 Å². The Morgan fingerprint density at radius 3 is 2.93 bits per heavy atom. The summed E-state index contributed by atoms with van der Waals surface area (Å²) in [4.78, 5) is 6.59. The number of anilines is 1. The molecular weight excluding hydrogens is 216 g/mol. The summed E-state index contributed by atoms with van der Waals surface area (Å²) in [5.41, 5.74) is 2.22. The van der Waals surface area contributed by atoms with Crippen molar-refractivity contribution < 1.29 is 0 Å². The van der Waals surface area contributed by atoms with E-state index < -0.39 is 0 Å². The Bertz CT molecular complexity index is 300. The van der Waals surface area contributed by atoms with E-state index in [1.54, 1.807) is 0 Å². The molecule has 14 heavy (non-hydrogen) atoms. The second kappa shape index (κ2) is 4.89. The van der Waals surface area contributed by atoms with Crippen molar-refractivity contribution in [2.24, 2.45) is 0 Å². The molecule has 0 aliphatic carbocycles. The zero-order chi connectivity index (χ0) is 9.80. The summed E-state index contributed by atoms with van der Waals surface area (Å²) in [5, 5.41) is 0. The van der Waals surface area contributed by atoms with E-state index in [9.17, 15) is 0 Å². The number of hydrogen-bond donors (Lipinski definition) is 0. The maximum Gasteiger partial charge on any atom is 0.0648 e. The summed E-state index contributed by atoms with van der Waals surface area (Å²) in [6, 6.07) is 4.15. The van der Waals surface area contributed by atoms with Gasteiger partial charge in [-0.2, -0.15) is 11.8 Å². The number of nitrogens with zero attached hydrogens (tertiary/aromatic N) is 2. The van der Waals surface area contributed by atoms with E-state index in [0.29, 0.717) is 5.88 Å². The fraction of sp³-hybridized carbons (Fsp3) is 0.500. The fourth-order valence-electron chi connectivity index (χ4n) is 1.56. The molecule has 0 N–H and O–H groups in total. The molecule has 2 rings (SSSR count). The number of pyridine rings is 1. The normalized spacial score (nSPS) is 17.1. The van der Waals surface area contributed by atoms with Crippen LogP contribution in [0.15, 0.2) is 18.3 Å². The van der Waals surface area contributed by atoms with Crippen molar-refractivity contribution in [3.63, 3.8) is 0 Å². The van der Waals surface area contributed by atoms with E-state index in [2.05, 4.69) is 22.0 Å². The third-order valence-corrected chi connectivity index (χ3v) is 3.53. The van der Waals surface area contributed by atoms with Gasteiger partial charge < -0.3 is 4.90 Å². The SMILES string of the molecule is ClCc1cc(N2CCSCC2)ccn1. The van der Waals surface area contributed by atoms with Gasteiger partial charge in [0, 0.05) is 36.5 Å². The topological polar surface area (TPSA) is 16.1 Å². The van der Waals surface area contributed by atoms with Gasteiger partial charge in [-0.3, -0.25) is 4.98 Å². The number of alkyl halides is 1. The van der Waals surface area contributed by atoms with Gasteiger partial charge in [-0.05, 0) is 12.1 Å². The molecule has 0 amide bonds. The first kappa shape index (κ1) is 10.1. The van der Waals surface area contributed by atoms with Gasteiger partial charge in [0.2, 0.25) is 0 Å². The Hall–Kier alpha value is -0.410. The zero-order valence-corrected chi connectivity index (χ0v) is 9.52. The zero-order valence-electron chi connectivity index (χ0n) is 7.95. The molecule has 0 saturated carbocycles. The first-order valence-electron chi connectivity index (χ1n) is 4.74. The van der Waals surface area contributed by atoms with Gasteiger partial charge in [0.25, 0.3) is 0 Å². The van der Waals surface area contributed by atoms with Crippen LogP contribution in [0.1, 0.15) is 5.69 Å². The molecule has 2 heterocycles. The summed E-state index contributed by atoms with van der Waals surface area (Å²) in [6.07, 6.45) is 1.84. The van der Waals surface area contributed by atoms with Crippen molar-refractivity contribution in [3.05, 3.63) is 24.0 Å². The van der Waals surface area contributed by atoms with E-state index in [1.165, 1.54) is 17.2 Å². The van der Waals surface area contributed by atoms with Crippen LogP contribution in [-0.4, -0.2) is 29.6 Å². The molecule has 0 bridgehead atoms. The lowest BCUT2D eigenvalue weighted by molar-refractivity contribution is 0.855. The highest BCUT2D eigenvalue weighted by molar-refractivity contribution is 7.99. The van der Waals surface area contributed by atoms with E-state index in [-0.39, 0.29) is 0 Å². The third-order valence-electron chi connectivity index (χ3n) is 2.31. The molecule has 0 spiro atoms. The lowest BCUT2D eigenvalue weighted by Gasteiger charge is -2.28. The number of aromatic nitrogens is 1. The van der Waals surface area contributed by atoms with Crippen LogP contribution < -0.4 is 4.90 Å². The van der Waals surface area contributed by atoms with Crippen molar-refractivity contribution in [1.82, 2.24) is 4.98 Å². The smallest absolute Gasteiger partial charge is 0.0648 e. The first-order valence-corrected chi connectivity index (χ1v) is 6.42. The van der Waals surface area contributed by atoms with E-state index in [1.807, 2.05) is 18.0 Å². The molecule has 1 aromatic heterocycles. The maximum absolute atomic E-state index is 5.75. The molecule has 0 radical (unpaired) electrons. The molecule has 76 valence electrons. The quantitative estimate of drug-likeness (QED) is 0.724. The Morgan fingerprint density at radius 2 is 2.21 bits per heavy atom. The summed E-state index contributed by atoms with van der Waals surface area (Å²) in [5.74, 6) is 2.94. The van der Waals surface area contributed by atoms with Crippen LogP contribution in [0.25, 0.3) is 0 Å². The average Bonchev–Trinajstić information content (AvgIpc) is 2.30. The van der Waals surface area contributed by atoms with Crippen LogP contribution in [0, 0.1) is 0 Å². The van der Waals surface area contributed by atoms with Crippen LogP contribution in [-0.2, 0) is 5.88 Å². The van der Waals surface area contributed by atoms with Crippen LogP contribution in [0.2, 0.25) is 0 Å². The van der Waals surface area contributed by atoms with Crippen LogP contribution >= 0.6 is 23.4 Å². The summed E-state index contributed by atoms with van der Waals surface area (Å²) >= 11 is 7.77. The summed E-state index contributed by atoms with van der Waals surface area (Å²) in [7, 11) is 0. The largest absolute Gasteiger partial charge is 0.370 e. The van der Waals surface area contributed by atoms with Crippen LogP contribution in [0.4, 0.5) is 5.69 Å². The highest BCUT2D eigenvalue weighted by Crippen LogP contribution is 2.19. The van der Waals surface area contributed by atoms with Crippen LogP contribution in [0.5, 0.6) is 0 Å². The number of rotatable bonds is 2. The molecule has 1 aliphatic heterocycles. The number of halogens is 1. The van der Waals surface area contributed by atoms with E-state index in [0.717, 1.165) is 18.8 Å². The van der Waals surface area contributed by atoms with Gasteiger partial charge in [-0.15, -0.1) is 11.6 Å². The van der Waals surface area contributed by atoms with Gasteiger partial charge >= 0.3 is 0 Å². The second-order valence-corrected chi connectivity index (χ2v) is 4.73. The second-order valence-electron chi connectivity index (χ2n) is 3.24. The predicted octanol–water partition coefficient (Wildman–Crippen LogP) is 2.37. The maximum atomic E-state index is 5.75. The lowest BCUT2D eigenvalue weighted by atomic mass is 10.3. The molecule has 0 atom stereocenters. The Kier molecular flexibility index (Phi) is 3.54. The Morgan fingerprint density at radius 1 is 1.43 bits per heavy atom. The van der Waals surface area contributed by atoms with E-state index in [4.69, 9.17) is 11.6 Å². The minimum atomic E-state index is 0.496. The van der Waals surface area contributed by atoms with Gasteiger partial charge in [0.05, 0.1) is 11.6 Å². The number of hydrogen-bond acceptors (Lipinski definition) is 3. The molecule has 1 aliphatic rings. The van der Waals surface area contributed by atoms with Crippen LogP contribution in [0.3, 0.4) is 0 Å². The standard InChI is InChI=1S/C10H13ClN2S/c11-8-9-7-10(1-2-12-9)13-3-5-14-6-4-13/h1-2,7H,3-6,8H2. The lowest BCUT2D eigenvalue weighted by Crippen LogP contribution is -2.32. The van der Waals surface area contributed by atoms with Gasteiger partial charge in [-0.1, -0.05) is 0 Å². The predicted molar refractivity (Wildman–Crippen MR) is 63.3 cm³/mol. The van der Waals surface area contributed by atoms with Crippen molar-refractivity contribution in [1.29, 1.82) is 0 Å². The van der Waals surface area contributed by atoms with Crippen molar-refractivity contribution >= 4 is 29.1 Å². The fourth-order valence-corrected chi connectivity index (χ4v) is 2.61.